The van der Waals surface area contributed by atoms with Crippen molar-refractivity contribution >= 4 is 11.8 Å². The summed E-state index contributed by atoms with van der Waals surface area (Å²) in [6.45, 7) is 0. The van der Waals surface area contributed by atoms with Gasteiger partial charge in [0.05, 0.1) is 6.20 Å². The van der Waals surface area contributed by atoms with Gasteiger partial charge in [0.2, 0.25) is 0 Å². The van der Waals surface area contributed by atoms with Gasteiger partial charge in [-0.3, -0.25) is 5.32 Å². The lowest BCUT2D eigenvalue weighted by molar-refractivity contribution is -0.274. The SMILES string of the molecule is O=C(O)Nc1cnc(-n2cncn2)cc1OC(F)(F)F. The van der Waals surface area contributed by atoms with E-state index in [9.17, 15) is 18.0 Å². The first kappa shape index (κ1) is 13.6. The lowest BCUT2D eigenvalue weighted by Crippen LogP contribution is -2.19. The van der Waals surface area contributed by atoms with Gasteiger partial charge in [-0.15, -0.1) is 13.2 Å². The molecule has 0 spiro atoms. The van der Waals surface area contributed by atoms with Crippen LogP contribution in [0.2, 0.25) is 0 Å². The molecule has 0 saturated heterocycles. The zero-order valence-corrected chi connectivity index (χ0v) is 9.50. The Bertz CT molecular complexity index is 614. The van der Waals surface area contributed by atoms with Gasteiger partial charge >= 0.3 is 12.5 Å². The summed E-state index contributed by atoms with van der Waals surface area (Å²) >= 11 is 0. The van der Waals surface area contributed by atoms with Crippen molar-refractivity contribution in [2.24, 2.45) is 0 Å². The van der Waals surface area contributed by atoms with Crippen molar-refractivity contribution in [2.45, 2.75) is 6.36 Å². The van der Waals surface area contributed by atoms with Gasteiger partial charge in [0.15, 0.2) is 11.6 Å². The van der Waals surface area contributed by atoms with Gasteiger partial charge in [-0.1, -0.05) is 0 Å². The number of carbonyl (C=O) groups is 1. The highest BCUT2D eigenvalue weighted by molar-refractivity contribution is 5.85. The number of ether oxygens (including phenoxy) is 1. The number of alkyl halides is 3. The molecule has 2 aromatic rings. The molecule has 0 atom stereocenters. The summed E-state index contributed by atoms with van der Waals surface area (Å²) in [5.74, 6) is -0.766. The molecule has 2 rings (SSSR count). The first-order chi connectivity index (χ1) is 9.35. The molecule has 106 valence electrons. The molecule has 0 aliphatic carbocycles. The number of amides is 1. The Hall–Kier alpha value is -2.85. The monoisotopic (exact) mass is 289 g/mol. The number of hydrogen-bond donors (Lipinski definition) is 2. The van der Waals surface area contributed by atoms with E-state index in [0.717, 1.165) is 23.3 Å². The minimum atomic E-state index is -4.98. The van der Waals surface area contributed by atoms with Crippen LogP contribution < -0.4 is 10.1 Å². The van der Waals surface area contributed by atoms with Crippen LogP contribution in [0.3, 0.4) is 0 Å². The van der Waals surface area contributed by atoms with Crippen molar-refractivity contribution in [1.29, 1.82) is 0 Å². The van der Waals surface area contributed by atoms with E-state index >= 15 is 0 Å². The number of nitrogens with one attached hydrogen (secondary N) is 1. The molecule has 0 fully saturated rings. The van der Waals surface area contributed by atoms with Crippen LogP contribution in [-0.2, 0) is 0 Å². The van der Waals surface area contributed by atoms with E-state index in [-0.39, 0.29) is 5.82 Å². The van der Waals surface area contributed by atoms with E-state index in [4.69, 9.17) is 5.11 Å². The number of rotatable bonds is 3. The Morgan fingerprint density at radius 2 is 2.20 bits per heavy atom. The Morgan fingerprint density at radius 1 is 1.45 bits per heavy atom. The maximum Gasteiger partial charge on any atom is 0.573 e. The van der Waals surface area contributed by atoms with Crippen molar-refractivity contribution in [3.63, 3.8) is 0 Å². The van der Waals surface area contributed by atoms with Gasteiger partial charge in [-0.05, 0) is 0 Å². The zero-order chi connectivity index (χ0) is 14.8. The van der Waals surface area contributed by atoms with Crippen LogP contribution in [0.25, 0.3) is 5.82 Å². The molecular weight excluding hydrogens is 283 g/mol. The average Bonchev–Trinajstić information content (AvgIpc) is 2.82. The number of carboxylic acid groups (broad SMARTS) is 1. The third kappa shape index (κ3) is 3.34. The minimum Gasteiger partial charge on any atom is -0.465 e. The van der Waals surface area contributed by atoms with E-state index < -0.39 is 23.9 Å². The van der Waals surface area contributed by atoms with Gasteiger partial charge in [0.25, 0.3) is 0 Å². The number of pyridine rings is 1. The van der Waals surface area contributed by atoms with E-state index in [1.165, 1.54) is 6.33 Å². The van der Waals surface area contributed by atoms with Crippen LogP contribution in [-0.4, -0.2) is 37.3 Å². The summed E-state index contributed by atoms with van der Waals surface area (Å²) in [4.78, 5) is 17.9. The molecule has 0 bridgehead atoms. The molecule has 1 amide bonds. The van der Waals surface area contributed by atoms with E-state index in [2.05, 4.69) is 19.8 Å². The molecule has 2 heterocycles. The number of hydrogen-bond acceptors (Lipinski definition) is 5. The highest BCUT2D eigenvalue weighted by Crippen LogP contribution is 2.31. The van der Waals surface area contributed by atoms with Gasteiger partial charge in [0.1, 0.15) is 18.3 Å². The molecule has 2 N–H and O–H groups in total. The predicted octanol–water partition coefficient (Wildman–Crippen LogP) is 1.65. The van der Waals surface area contributed by atoms with E-state index in [1.54, 1.807) is 5.32 Å². The second kappa shape index (κ2) is 5.03. The van der Waals surface area contributed by atoms with Crippen molar-refractivity contribution in [1.82, 2.24) is 19.7 Å². The first-order valence-corrected chi connectivity index (χ1v) is 4.96. The fourth-order valence-corrected chi connectivity index (χ4v) is 1.30. The van der Waals surface area contributed by atoms with Crippen LogP contribution in [0.15, 0.2) is 24.9 Å². The maximum atomic E-state index is 12.3. The van der Waals surface area contributed by atoms with Crippen LogP contribution in [0.5, 0.6) is 5.75 Å². The Labute approximate surface area is 108 Å². The van der Waals surface area contributed by atoms with Crippen LogP contribution >= 0.6 is 0 Å². The molecule has 11 heteroatoms. The largest absolute Gasteiger partial charge is 0.573 e. The van der Waals surface area contributed by atoms with E-state index in [0.29, 0.717) is 0 Å². The molecule has 0 aliphatic rings. The highest BCUT2D eigenvalue weighted by atomic mass is 19.4. The van der Waals surface area contributed by atoms with Gasteiger partial charge in [-0.2, -0.15) is 5.10 Å². The lowest BCUT2D eigenvalue weighted by atomic mass is 10.3. The van der Waals surface area contributed by atoms with Crippen molar-refractivity contribution in [2.75, 3.05) is 5.32 Å². The van der Waals surface area contributed by atoms with Crippen LogP contribution in [0, 0.1) is 0 Å². The molecule has 2 aromatic heterocycles. The predicted molar refractivity (Wildman–Crippen MR) is 57.5 cm³/mol. The number of anilines is 1. The summed E-state index contributed by atoms with van der Waals surface area (Å²) in [6.07, 6.45) is -3.27. The maximum absolute atomic E-state index is 12.3. The fraction of sp³-hybridized carbons (Fsp3) is 0.111. The molecule has 8 nitrogen and oxygen atoms in total. The van der Waals surface area contributed by atoms with Crippen molar-refractivity contribution < 1.29 is 27.8 Å². The lowest BCUT2D eigenvalue weighted by Gasteiger charge is -2.13. The Morgan fingerprint density at radius 3 is 2.75 bits per heavy atom. The summed E-state index contributed by atoms with van der Waals surface area (Å²) in [7, 11) is 0. The second-order valence-corrected chi connectivity index (χ2v) is 3.36. The van der Waals surface area contributed by atoms with Gasteiger partial charge in [0, 0.05) is 6.07 Å². The zero-order valence-electron chi connectivity index (χ0n) is 9.50. The van der Waals surface area contributed by atoms with Gasteiger partial charge < -0.3 is 9.84 Å². The first-order valence-electron chi connectivity index (χ1n) is 4.96. The second-order valence-electron chi connectivity index (χ2n) is 3.36. The number of nitrogens with zero attached hydrogens (tertiary/aromatic N) is 4. The summed E-state index contributed by atoms with van der Waals surface area (Å²) in [5, 5.41) is 14.0. The summed E-state index contributed by atoms with van der Waals surface area (Å²) < 4.78 is 41.7. The highest BCUT2D eigenvalue weighted by Gasteiger charge is 2.32. The topological polar surface area (TPSA) is 102 Å². The molecular formula is C9H6F3N5O3. The number of halogens is 3. The standard InChI is InChI=1S/C9H6F3N5O3/c10-9(11,12)20-6-1-7(17-4-13-3-15-17)14-2-5(6)16-8(18)19/h1-4,16H,(H,18,19). The average molecular weight is 289 g/mol. The Balaban J connectivity index is 2.41. The molecule has 0 aromatic carbocycles. The normalized spacial score (nSPS) is 11.2. The fourth-order valence-electron chi connectivity index (χ4n) is 1.30. The molecule has 20 heavy (non-hydrogen) atoms. The minimum absolute atomic E-state index is 0.0160. The quantitative estimate of drug-likeness (QED) is 0.890. The van der Waals surface area contributed by atoms with Crippen molar-refractivity contribution in [3.8, 4) is 11.6 Å². The molecule has 0 unspecified atom stereocenters. The van der Waals surface area contributed by atoms with Crippen LogP contribution in [0.1, 0.15) is 0 Å². The Kier molecular flexibility index (Phi) is 3.41. The third-order valence-electron chi connectivity index (χ3n) is 1.97. The smallest absolute Gasteiger partial charge is 0.465 e. The third-order valence-corrected chi connectivity index (χ3v) is 1.97. The number of aromatic nitrogens is 4. The molecule has 0 aliphatic heterocycles. The molecule has 0 radical (unpaired) electrons. The summed E-state index contributed by atoms with van der Waals surface area (Å²) in [5.41, 5.74) is -0.446. The summed E-state index contributed by atoms with van der Waals surface area (Å²) in [6, 6.07) is 0.882. The van der Waals surface area contributed by atoms with Crippen LogP contribution in [0.4, 0.5) is 23.7 Å². The molecule has 0 saturated carbocycles. The van der Waals surface area contributed by atoms with Crippen molar-refractivity contribution in [3.05, 3.63) is 24.9 Å². The van der Waals surface area contributed by atoms with Gasteiger partial charge in [-0.25, -0.2) is 19.4 Å². The van der Waals surface area contributed by atoms with E-state index in [1.807, 2.05) is 0 Å².